The minimum Gasteiger partial charge on any atom is -0.374 e. The third-order valence-electron chi connectivity index (χ3n) is 6.82. The van der Waals surface area contributed by atoms with Crippen molar-refractivity contribution in [2.45, 2.75) is 70.3 Å². The zero-order valence-corrected chi connectivity index (χ0v) is 19.9. The molecule has 2 bridgehead atoms. The Hall–Kier alpha value is -1.50. The van der Waals surface area contributed by atoms with Gasteiger partial charge in [0.15, 0.2) is 0 Å². The molecule has 0 aliphatic carbocycles. The van der Waals surface area contributed by atoms with Crippen LogP contribution in [0.25, 0.3) is 0 Å². The van der Waals surface area contributed by atoms with Gasteiger partial charge in [-0.25, -0.2) is 5.06 Å². The molecule has 2 aliphatic heterocycles. The van der Waals surface area contributed by atoms with Gasteiger partial charge >= 0.3 is 0 Å². The lowest BCUT2D eigenvalue weighted by Crippen LogP contribution is -2.36. The lowest BCUT2D eigenvalue weighted by molar-refractivity contribution is -0.169. The summed E-state index contributed by atoms with van der Waals surface area (Å²) in [6.07, 6.45) is 10.8. The molecule has 1 unspecified atom stereocenters. The van der Waals surface area contributed by atoms with E-state index in [4.69, 9.17) is 4.74 Å². The molecule has 0 radical (unpaired) electrons. The van der Waals surface area contributed by atoms with Crippen LogP contribution in [0.15, 0.2) is 42.5 Å². The predicted molar refractivity (Wildman–Crippen MR) is 124 cm³/mol. The number of allylic oxidation sites excluding steroid dienone is 2. The number of hydroxylamine groups is 2. The molecule has 1 amide bonds. The van der Waals surface area contributed by atoms with Crippen molar-refractivity contribution in [2.24, 2.45) is 17.3 Å². The van der Waals surface area contributed by atoms with Crippen molar-refractivity contribution in [3.63, 3.8) is 0 Å². The van der Waals surface area contributed by atoms with Crippen LogP contribution in [0.2, 0.25) is 0 Å². The molecule has 6 heteroatoms. The first kappa shape index (κ1) is 24.1. The van der Waals surface area contributed by atoms with E-state index in [0.717, 1.165) is 43.4 Å². The van der Waals surface area contributed by atoms with Gasteiger partial charge in [0.2, 0.25) is 0 Å². The van der Waals surface area contributed by atoms with E-state index < -0.39 is 16.2 Å². The van der Waals surface area contributed by atoms with Gasteiger partial charge < -0.3 is 4.74 Å². The summed E-state index contributed by atoms with van der Waals surface area (Å²) < 4.78 is 18.8. The van der Waals surface area contributed by atoms with E-state index in [1.165, 1.54) is 7.05 Å². The number of amides is 1. The van der Waals surface area contributed by atoms with Crippen molar-refractivity contribution in [1.29, 1.82) is 0 Å². The molecule has 1 aromatic carbocycles. The summed E-state index contributed by atoms with van der Waals surface area (Å²) in [5.74, 6) is 2.10. The Morgan fingerprint density at radius 1 is 1.19 bits per heavy atom. The number of ether oxygens (including phenoxy) is 1. The first-order chi connectivity index (χ1) is 14.8. The average Bonchev–Trinajstić information content (AvgIpc) is 3.34. The number of carbonyl (C=O) groups excluding carboxylic acids is 1. The van der Waals surface area contributed by atoms with E-state index in [-0.39, 0.29) is 5.91 Å². The minimum atomic E-state index is -0.841. The highest BCUT2D eigenvalue weighted by atomic mass is 32.2. The second-order valence-corrected chi connectivity index (χ2v) is 11.2. The molecule has 0 aromatic heterocycles. The first-order valence-electron chi connectivity index (χ1n) is 11.4. The van der Waals surface area contributed by atoms with Gasteiger partial charge in [0.1, 0.15) is 0 Å². The van der Waals surface area contributed by atoms with E-state index in [2.05, 4.69) is 12.2 Å². The molecule has 2 heterocycles. The highest BCUT2D eigenvalue weighted by Crippen LogP contribution is 2.46. The summed E-state index contributed by atoms with van der Waals surface area (Å²) in [6.45, 7) is 3.73. The monoisotopic (exact) mass is 447 g/mol. The maximum atomic E-state index is 12.6. The van der Waals surface area contributed by atoms with Gasteiger partial charge in [0.25, 0.3) is 5.91 Å². The van der Waals surface area contributed by atoms with Crippen LogP contribution in [0.3, 0.4) is 0 Å². The molecule has 0 spiro atoms. The highest BCUT2D eigenvalue weighted by molar-refractivity contribution is 7.84. The Balaban J connectivity index is 1.46. The largest absolute Gasteiger partial charge is 0.374 e. The van der Waals surface area contributed by atoms with Gasteiger partial charge in [0, 0.05) is 34.8 Å². The normalized spacial score (nSPS) is 26.5. The Bertz CT molecular complexity index is 777. The summed E-state index contributed by atoms with van der Waals surface area (Å²) in [6, 6.07) is 10.1. The van der Waals surface area contributed by atoms with Crippen LogP contribution in [0.4, 0.5) is 0 Å². The van der Waals surface area contributed by atoms with Crippen molar-refractivity contribution in [1.82, 2.24) is 5.06 Å². The van der Waals surface area contributed by atoms with Crippen molar-refractivity contribution < 1.29 is 18.9 Å². The molecule has 0 saturated carbocycles. The van der Waals surface area contributed by atoms with Crippen LogP contribution in [0.5, 0.6) is 0 Å². The quantitative estimate of drug-likeness (QED) is 0.303. The van der Waals surface area contributed by atoms with Gasteiger partial charge in [-0.3, -0.25) is 14.2 Å². The van der Waals surface area contributed by atoms with Crippen LogP contribution in [-0.2, 0) is 26.1 Å². The Morgan fingerprint density at radius 2 is 1.87 bits per heavy atom. The molecule has 2 fully saturated rings. The zero-order chi connectivity index (χ0) is 22.4. The Kier molecular flexibility index (Phi) is 8.48. The second kappa shape index (κ2) is 10.9. The minimum absolute atomic E-state index is 0.258. The summed E-state index contributed by atoms with van der Waals surface area (Å²) in [5.41, 5.74) is 0.563. The van der Waals surface area contributed by atoms with Crippen molar-refractivity contribution in [3.8, 4) is 0 Å². The summed E-state index contributed by atoms with van der Waals surface area (Å²) in [4.78, 5) is 12.0. The number of hydrogen-bond acceptors (Lipinski definition) is 4. The molecule has 2 saturated heterocycles. The van der Waals surface area contributed by atoms with Gasteiger partial charge in [-0.15, -0.1) is 0 Å². The predicted octanol–water partition coefficient (Wildman–Crippen LogP) is 4.72. The fourth-order valence-corrected chi connectivity index (χ4v) is 6.30. The molecule has 172 valence electrons. The second-order valence-electron chi connectivity index (χ2n) is 9.64. The van der Waals surface area contributed by atoms with E-state index in [9.17, 15) is 14.2 Å². The molecule has 1 aromatic rings. The van der Waals surface area contributed by atoms with Crippen LogP contribution >= 0.6 is 0 Å². The topological polar surface area (TPSA) is 66.8 Å². The number of benzene rings is 1. The number of fused-ring (bicyclic) bond motifs is 2. The molecule has 1 N–H and O–H groups in total. The third-order valence-corrected chi connectivity index (χ3v) is 8.17. The lowest BCUT2D eigenvalue weighted by atomic mass is 9.76. The smallest absolute Gasteiger partial charge is 0.251 e. The van der Waals surface area contributed by atoms with Crippen molar-refractivity contribution in [2.75, 3.05) is 12.8 Å². The first-order valence-corrected chi connectivity index (χ1v) is 12.9. The molecule has 2 aliphatic rings. The molecule has 5 atom stereocenters. The number of hydrogen-bond donors (Lipinski definition) is 1. The van der Waals surface area contributed by atoms with Crippen molar-refractivity contribution >= 4 is 16.7 Å². The number of carbonyl (C=O) groups is 1. The highest BCUT2D eigenvalue weighted by Gasteiger charge is 2.47. The number of rotatable bonds is 11. The van der Waals surface area contributed by atoms with Crippen LogP contribution in [0.1, 0.15) is 57.9 Å². The fraction of sp³-hybridized carbons (Fsp3) is 0.640. The molecule has 3 rings (SSSR count). The zero-order valence-electron chi connectivity index (χ0n) is 19.0. The maximum Gasteiger partial charge on any atom is 0.251 e. The molecule has 5 nitrogen and oxygen atoms in total. The molecule has 31 heavy (non-hydrogen) atoms. The average molecular weight is 448 g/mol. The lowest BCUT2D eigenvalue weighted by Gasteiger charge is -2.27. The SMILES string of the molecule is CN(O)C(=O)C(C)(C)CCC=CC[C@@H]1[C@H](CCS(=O)Cc2ccccc2)[C@@H]2CC[C@H]1O2. The standard InChI is InChI=1S/C25H37NO4S/c1-25(2,24(27)26(3)28)16-9-5-8-12-20-21(23-14-13-22(20)30-23)15-17-31(29)18-19-10-6-4-7-11-19/h4-8,10-11,20-23,28H,9,12-18H2,1-3H3/t20-,21+,22-,23+,31?/m1/s1. The Morgan fingerprint density at radius 3 is 2.55 bits per heavy atom. The van der Waals surface area contributed by atoms with Crippen molar-refractivity contribution in [3.05, 3.63) is 48.0 Å². The van der Waals surface area contributed by atoms with E-state index in [1.54, 1.807) is 0 Å². The van der Waals surface area contributed by atoms with Crippen LogP contribution < -0.4 is 0 Å². The third kappa shape index (κ3) is 6.50. The number of nitrogens with zero attached hydrogens (tertiary/aromatic N) is 1. The fourth-order valence-electron chi connectivity index (χ4n) is 5.06. The molecular weight excluding hydrogens is 410 g/mol. The summed E-state index contributed by atoms with van der Waals surface area (Å²) in [7, 11) is 0.536. The molecular formula is C25H37NO4S. The summed E-state index contributed by atoms with van der Waals surface area (Å²) >= 11 is 0. The maximum absolute atomic E-state index is 12.6. The van der Waals surface area contributed by atoms with Gasteiger partial charge in [0.05, 0.1) is 12.2 Å². The van der Waals surface area contributed by atoms with Crippen LogP contribution in [0, 0.1) is 17.3 Å². The van der Waals surface area contributed by atoms with Crippen LogP contribution in [-0.4, -0.2) is 45.4 Å². The van der Waals surface area contributed by atoms with Gasteiger partial charge in [-0.05, 0) is 55.9 Å². The van der Waals surface area contributed by atoms with E-state index in [1.807, 2.05) is 44.2 Å². The van der Waals surface area contributed by atoms with Gasteiger partial charge in [-0.1, -0.05) is 56.3 Å². The summed E-state index contributed by atoms with van der Waals surface area (Å²) in [5, 5.41) is 10.1. The van der Waals surface area contributed by atoms with E-state index in [0.29, 0.717) is 41.3 Å². The van der Waals surface area contributed by atoms with Gasteiger partial charge in [-0.2, -0.15) is 0 Å². The Labute approximate surface area is 189 Å². The van der Waals surface area contributed by atoms with E-state index >= 15 is 0 Å².